The molecule has 2 aliphatic rings. The number of amides is 3. The Morgan fingerprint density at radius 1 is 1.44 bits per heavy atom. The van der Waals surface area contributed by atoms with Crippen LogP contribution in [0.25, 0.3) is 0 Å². The lowest BCUT2D eigenvalue weighted by Crippen LogP contribution is -2.64. The maximum atomic E-state index is 13.3. The van der Waals surface area contributed by atoms with E-state index in [-0.39, 0.29) is 6.42 Å². The highest BCUT2D eigenvalue weighted by atomic mass is 19.1. The van der Waals surface area contributed by atoms with Crippen LogP contribution < -0.4 is 5.32 Å². The molecule has 0 radical (unpaired) electrons. The summed E-state index contributed by atoms with van der Waals surface area (Å²) in [5.41, 5.74) is 0. The summed E-state index contributed by atoms with van der Waals surface area (Å²) in [5.74, 6) is -1.22. The molecule has 0 bridgehead atoms. The highest BCUT2D eigenvalue weighted by Gasteiger charge is 2.48. The van der Waals surface area contributed by atoms with Crippen LogP contribution in [0, 0.1) is 0 Å². The number of alkyl halides is 1. The molecule has 0 aromatic rings. The molecule has 2 saturated heterocycles. The molecule has 3 unspecified atom stereocenters. The van der Waals surface area contributed by atoms with Gasteiger partial charge in [0.15, 0.2) is 6.23 Å². The van der Waals surface area contributed by atoms with E-state index >= 15 is 0 Å². The summed E-state index contributed by atoms with van der Waals surface area (Å²) in [6.45, 7) is -0.471. The van der Waals surface area contributed by atoms with Crippen LogP contribution in [-0.2, 0) is 9.53 Å². The van der Waals surface area contributed by atoms with E-state index in [4.69, 9.17) is 9.84 Å². The van der Waals surface area contributed by atoms with Gasteiger partial charge in [-0.2, -0.15) is 0 Å². The Kier molecular flexibility index (Phi) is 3.48. The molecule has 9 heteroatoms. The van der Waals surface area contributed by atoms with Crippen molar-refractivity contribution in [3.8, 4) is 0 Å². The third-order valence-electron chi connectivity index (χ3n) is 2.96. The lowest BCUT2D eigenvalue weighted by Gasteiger charge is -2.36. The molecule has 2 fully saturated rings. The van der Waals surface area contributed by atoms with E-state index in [1.54, 1.807) is 5.32 Å². The lowest BCUT2D eigenvalue weighted by molar-refractivity contribution is -0.157. The van der Waals surface area contributed by atoms with E-state index in [0.29, 0.717) is 4.90 Å². The molecular formula is C9H13FN2O6. The van der Waals surface area contributed by atoms with Crippen LogP contribution in [0.2, 0.25) is 0 Å². The van der Waals surface area contributed by atoms with Gasteiger partial charge in [-0.25, -0.2) is 9.18 Å². The first-order chi connectivity index (χ1) is 8.45. The van der Waals surface area contributed by atoms with E-state index in [1.165, 1.54) is 0 Å². The molecule has 0 spiro atoms. The molecule has 0 saturated carbocycles. The van der Waals surface area contributed by atoms with Crippen LogP contribution in [0.1, 0.15) is 6.42 Å². The molecule has 2 rings (SSSR count). The van der Waals surface area contributed by atoms with E-state index in [1.807, 2.05) is 0 Å². The standard InChI is InChI=1S/C9H13FN2O6/c10-6-7(15)11-9(17)12(8(6)16)5-1-3(14)4(2-13)18-5/h3-6,8,13-14,16H,1-2H2,(H,11,15,17)/t3?,4-,5-,6?,8?/m0/s1. The zero-order valence-corrected chi connectivity index (χ0v) is 9.19. The minimum Gasteiger partial charge on any atom is -0.394 e. The number of carbonyl (C=O) groups is 2. The van der Waals surface area contributed by atoms with E-state index in [0.717, 1.165) is 0 Å². The minimum atomic E-state index is -2.28. The van der Waals surface area contributed by atoms with Crippen LogP contribution in [-0.4, -0.2) is 69.6 Å². The lowest BCUT2D eigenvalue weighted by atomic mass is 10.1. The Morgan fingerprint density at radius 3 is 2.67 bits per heavy atom. The maximum Gasteiger partial charge on any atom is 0.328 e. The zero-order chi connectivity index (χ0) is 13.4. The number of aliphatic hydroxyl groups excluding tert-OH is 3. The van der Waals surface area contributed by atoms with Crippen LogP contribution >= 0.6 is 0 Å². The molecule has 2 heterocycles. The van der Waals surface area contributed by atoms with Gasteiger partial charge in [-0.15, -0.1) is 0 Å². The fourth-order valence-corrected chi connectivity index (χ4v) is 1.99. The van der Waals surface area contributed by atoms with Crippen molar-refractivity contribution < 1.29 is 34.0 Å². The number of urea groups is 1. The van der Waals surface area contributed by atoms with E-state index in [9.17, 15) is 24.2 Å². The van der Waals surface area contributed by atoms with Crippen LogP contribution in [0.5, 0.6) is 0 Å². The molecule has 0 aliphatic carbocycles. The monoisotopic (exact) mass is 264 g/mol. The fraction of sp³-hybridized carbons (Fsp3) is 0.778. The summed E-state index contributed by atoms with van der Waals surface area (Å²) >= 11 is 0. The van der Waals surface area contributed by atoms with Crippen molar-refractivity contribution in [3.05, 3.63) is 0 Å². The van der Waals surface area contributed by atoms with Gasteiger partial charge in [-0.3, -0.25) is 15.0 Å². The highest BCUT2D eigenvalue weighted by Crippen LogP contribution is 2.27. The second-order valence-electron chi connectivity index (χ2n) is 4.13. The average molecular weight is 264 g/mol. The predicted octanol–water partition coefficient (Wildman–Crippen LogP) is -2.34. The Morgan fingerprint density at radius 2 is 2.11 bits per heavy atom. The first-order valence-corrected chi connectivity index (χ1v) is 5.35. The molecule has 0 aromatic carbocycles. The third-order valence-corrected chi connectivity index (χ3v) is 2.96. The van der Waals surface area contributed by atoms with Crippen molar-refractivity contribution >= 4 is 11.9 Å². The quantitative estimate of drug-likeness (QED) is 0.444. The molecule has 2 aliphatic heterocycles. The summed E-state index contributed by atoms with van der Waals surface area (Å²) in [4.78, 5) is 23.0. The SMILES string of the molecule is O=C1NC(=O)N([C@@H]2CC(O)[C@H](CO)O2)C(O)C1F. The maximum absolute atomic E-state index is 13.3. The summed E-state index contributed by atoms with van der Waals surface area (Å²) in [6.07, 6.45) is -7.38. The summed E-state index contributed by atoms with van der Waals surface area (Å²) in [6, 6.07) is -1.00. The molecule has 0 aromatic heterocycles. The van der Waals surface area contributed by atoms with E-state index in [2.05, 4.69) is 0 Å². The zero-order valence-electron chi connectivity index (χ0n) is 9.19. The summed E-state index contributed by atoms with van der Waals surface area (Å²) in [5, 5.41) is 29.6. The Hall–Kier alpha value is -1.29. The van der Waals surface area contributed by atoms with Crippen LogP contribution in [0.15, 0.2) is 0 Å². The molecular weight excluding hydrogens is 251 g/mol. The number of imide groups is 1. The summed E-state index contributed by atoms with van der Waals surface area (Å²) < 4.78 is 18.4. The number of halogens is 1. The van der Waals surface area contributed by atoms with Gasteiger partial charge in [0.1, 0.15) is 12.3 Å². The Balaban J connectivity index is 2.13. The van der Waals surface area contributed by atoms with Crippen molar-refractivity contribution in [2.75, 3.05) is 6.61 Å². The average Bonchev–Trinajstić information content (AvgIpc) is 2.67. The van der Waals surface area contributed by atoms with E-state index < -0.39 is 49.4 Å². The number of hydrogen-bond donors (Lipinski definition) is 4. The fourth-order valence-electron chi connectivity index (χ4n) is 1.99. The Bertz CT molecular complexity index is 367. The van der Waals surface area contributed by atoms with Crippen LogP contribution in [0.3, 0.4) is 0 Å². The second kappa shape index (κ2) is 4.76. The number of ether oxygens (including phenoxy) is 1. The molecule has 8 nitrogen and oxygen atoms in total. The predicted molar refractivity (Wildman–Crippen MR) is 52.7 cm³/mol. The first kappa shape index (κ1) is 13.1. The van der Waals surface area contributed by atoms with Gasteiger partial charge >= 0.3 is 6.03 Å². The van der Waals surface area contributed by atoms with Gasteiger partial charge < -0.3 is 20.1 Å². The number of nitrogens with one attached hydrogen (secondary N) is 1. The van der Waals surface area contributed by atoms with Gasteiger partial charge in [-0.05, 0) is 0 Å². The molecule has 3 amide bonds. The minimum absolute atomic E-state index is 0.0867. The molecule has 5 atom stereocenters. The smallest absolute Gasteiger partial charge is 0.328 e. The van der Waals surface area contributed by atoms with Gasteiger partial charge in [0.05, 0.1) is 12.7 Å². The number of rotatable bonds is 2. The van der Waals surface area contributed by atoms with Gasteiger partial charge in [0.25, 0.3) is 5.91 Å². The van der Waals surface area contributed by atoms with Crippen molar-refractivity contribution in [2.45, 2.75) is 37.3 Å². The summed E-state index contributed by atoms with van der Waals surface area (Å²) in [7, 11) is 0. The first-order valence-electron chi connectivity index (χ1n) is 5.35. The van der Waals surface area contributed by atoms with Gasteiger partial charge in [0, 0.05) is 6.42 Å². The van der Waals surface area contributed by atoms with Crippen molar-refractivity contribution in [3.63, 3.8) is 0 Å². The number of nitrogens with zero attached hydrogens (tertiary/aromatic N) is 1. The van der Waals surface area contributed by atoms with Gasteiger partial charge in [0.2, 0.25) is 6.17 Å². The normalized spacial score (nSPS) is 41.1. The number of carbonyl (C=O) groups excluding carboxylic acids is 2. The molecule has 4 N–H and O–H groups in total. The van der Waals surface area contributed by atoms with Crippen molar-refractivity contribution in [1.29, 1.82) is 0 Å². The van der Waals surface area contributed by atoms with Crippen molar-refractivity contribution in [2.24, 2.45) is 0 Å². The number of aliphatic hydroxyl groups is 3. The topological polar surface area (TPSA) is 119 Å². The number of hydrogen-bond acceptors (Lipinski definition) is 6. The molecule has 18 heavy (non-hydrogen) atoms. The molecule has 102 valence electrons. The van der Waals surface area contributed by atoms with Gasteiger partial charge in [-0.1, -0.05) is 0 Å². The van der Waals surface area contributed by atoms with Crippen molar-refractivity contribution in [1.82, 2.24) is 10.2 Å². The third kappa shape index (κ3) is 2.05. The largest absolute Gasteiger partial charge is 0.394 e. The Labute approximate surface area is 101 Å². The highest BCUT2D eigenvalue weighted by molar-refractivity contribution is 5.99. The van der Waals surface area contributed by atoms with Crippen LogP contribution in [0.4, 0.5) is 9.18 Å². The second-order valence-corrected chi connectivity index (χ2v) is 4.13.